The third kappa shape index (κ3) is 10.2. The molecule has 0 saturated carbocycles. The molecule has 2 amide bonds. The second kappa shape index (κ2) is 11.3. The predicted molar refractivity (Wildman–Crippen MR) is 129 cm³/mol. The van der Waals surface area contributed by atoms with Gasteiger partial charge < -0.3 is 19.5 Å². The molecular formula is C25H31N3O6. The summed E-state index contributed by atoms with van der Waals surface area (Å²) in [5.41, 5.74) is 0.489. The van der Waals surface area contributed by atoms with Gasteiger partial charge >= 0.3 is 12.2 Å². The van der Waals surface area contributed by atoms with Gasteiger partial charge in [-0.15, -0.1) is 4.99 Å². The number of hydrogen-bond acceptors (Lipinski definition) is 6. The highest BCUT2D eigenvalue weighted by Crippen LogP contribution is 2.16. The molecule has 34 heavy (non-hydrogen) atoms. The SMILES string of the molecule is CC(C)(C)OC(=O)N=C(NC(=O)OC(C)(C)C)Nc1ccc(COc2cccc(C=O)c2)cc1. The van der Waals surface area contributed by atoms with Gasteiger partial charge in [-0.3, -0.25) is 10.1 Å². The van der Waals surface area contributed by atoms with Gasteiger partial charge in [0.2, 0.25) is 5.96 Å². The number of carbonyl (C=O) groups excluding carboxylic acids is 3. The van der Waals surface area contributed by atoms with Gasteiger partial charge in [-0.25, -0.2) is 9.59 Å². The Hall–Kier alpha value is -3.88. The number of nitrogens with one attached hydrogen (secondary N) is 2. The molecule has 2 rings (SSSR count). The van der Waals surface area contributed by atoms with E-state index in [4.69, 9.17) is 14.2 Å². The van der Waals surface area contributed by atoms with Crippen LogP contribution in [0.5, 0.6) is 5.75 Å². The summed E-state index contributed by atoms with van der Waals surface area (Å²) in [7, 11) is 0. The van der Waals surface area contributed by atoms with E-state index in [0.717, 1.165) is 11.8 Å². The quantitative estimate of drug-likeness (QED) is 0.346. The average molecular weight is 470 g/mol. The van der Waals surface area contributed by atoms with E-state index in [-0.39, 0.29) is 12.6 Å². The third-order valence-electron chi connectivity index (χ3n) is 3.83. The van der Waals surface area contributed by atoms with Gasteiger partial charge in [0.05, 0.1) is 0 Å². The summed E-state index contributed by atoms with van der Waals surface area (Å²) >= 11 is 0. The van der Waals surface area contributed by atoms with Crippen LogP contribution in [0.1, 0.15) is 57.5 Å². The van der Waals surface area contributed by atoms with Crippen LogP contribution < -0.4 is 15.4 Å². The number of aliphatic imine (C=N–C) groups is 1. The van der Waals surface area contributed by atoms with Crippen LogP contribution in [-0.4, -0.2) is 35.6 Å². The molecule has 0 spiro atoms. The first-order chi connectivity index (χ1) is 15.8. The first kappa shape index (κ1) is 26.4. The fourth-order valence-corrected chi connectivity index (χ4v) is 2.53. The van der Waals surface area contributed by atoms with Crippen LogP contribution in [0.25, 0.3) is 0 Å². The van der Waals surface area contributed by atoms with Gasteiger partial charge in [-0.1, -0.05) is 24.3 Å². The Morgan fingerprint density at radius 3 is 2.18 bits per heavy atom. The summed E-state index contributed by atoms with van der Waals surface area (Å²) in [6.07, 6.45) is -0.881. The summed E-state index contributed by atoms with van der Waals surface area (Å²) in [5, 5.41) is 5.32. The number of anilines is 1. The van der Waals surface area contributed by atoms with Gasteiger partial charge in [0.1, 0.15) is 29.8 Å². The van der Waals surface area contributed by atoms with Crippen molar-refractivity contribution in [2.45, 2.75) is 59.4 Å². The second-order valence-electron chi connectivity index (χ2n) is 9.37. The van der Waals surface area contributed by atoms with Crippen molar-refractivity contribution in [3.63, 3.8) is 0 Å². The molecule has 9 nitrogen and oxygen atoms in total. The highest BCUT2D eigenvalue weighted by molar-refractivity contribution is 6.06. The minimum atomic E-state index is -0.867. The minimum Gasteiger partial charge on any atom is -0.489 e. The van der Waals surface area contributed by atoms with E-state index >= 15 is 0 Å². The molecule has 0 aliphatic carbocycles. The number of aldehydes is 1. The molecular weight excluding hydrogens is 438 g/mol. The number of carbonyl (C=O) groups is 3. The lowest BCUT2D eigenvalue weighted by Gasteiger charge is -2.21. The fraction of sp³-hybridized carbons (Fsp3) is 0.360. The maximum Gasteiger partial charge on any atom is 0.437 e. The van der Waals surface area contributed by atoms with Crippen molar-refractivity contribution < 1.29 is 28.6 Å². The zero-order chi connectivity index (χ0) is 25.4. The van der Waals surface area contributed by atoms with Gasteiger partial charge in [-0.05, 0) is 71.4 Å². The summed E-state index contributed by atoms with van der Waals surface area (Å²) in [6.45, 7) is 10.6. The van der Waals surface area contributed by atoms with Crippen LogP contribution in [0.4, 0.5) is 15.3 Å². The van der Waals surface area contributed by atoms with Gasteiger partial charge in [0.15, 0.2) is 0 Å². The minimum absolute atomic E-state index is 0.141. The van der Waals surface area contributed by atoms with Crippen LogP contribution in [-0.2, 0) is 16.1 Å². The number of amides is 2. The molecule has 2 aromatic carbocycles. The Morgan fingerprint density at radius 1 is 0.941 bits per heavy atom. The summed E-state index contributed by atoms with van der Waals surface area (Å²) in [5.74, 6) is 0.443. The molecule has 0 fully saturated rings. The number of hydrogen-bond donors (Lipinski definition) is 2. The molecule has 0 aromatic heterocycles. The normalized spacial score (nSPS) is 11.9. The lowest BCUT2D eigenvalue weighted by atomic mass is 10.2. The van der Waals surface area contributed by atoms with E-state index in [9.17, 15) is 14.4 Å². The van der Waals surface area contributed by atoms with E-state index < -0.39 is 23.4 Å². The van der Waals surface area contributed by atoms with Crippen LogP contribution >= 0.6 is 0 Å². The fourth-order valence-electron chi connectivity index (χ4n) is 2.53. The number of benzene rings is 2. The third-order valence-corrected chi connectivity index (χ3v) is 3.83. The maximum atomic E-state index is 12.2. The van der Waals surface area contributed by atoms with Gasteiger partial charge in [-0.2, -0.15) is 0 Å². The first-order valence-electron chi connectivity index (χ1n) is 10.7. The summed E-state index contributed by atoms with van der Waals surface area (Å²) < 4.78 is 16.2. The van der Waals surface area contributed by atoms with Crippen molar-refractivity contribution in [1.82, 2.24) is 5.32 Å². The Labute approximate surface area is 199 Å². The van der Waals surface area contributed by atoms with Crippen molar-refractivity contribution in [2.24, 2.45) is 4.99 Å². The Balaban J connectivity index is 2.09. The molecule has 2 aromatic rings. The molecule has 182 valence electrons. The van der Waals surface area contributed by atoms with E-state index in [1.807, 2.05) is 12.1 Å². The number of guanidine groups is 1. The molecule has 0 saturated heterocycles. The highest BCUT2D eigenvalue weighted by Gasteiger charge is 2.20. The van der Waals surface area contributed by atoms with Gasteiger partial charge in [0.25, 0.3) is 0 Å². The van der Waals surface area contributed by atoms with Crippen LogP contribution in [0.3, 0.4) is 0 Å². The van der Waals surface area contributed by atoms with Gasteiger partial charge in [0, 0.05) is 11.3 Å². The Kier molecular flexibility index (Phi) is 8.77. The van der Waals surface area contributed by atoms with Crippen molar-refractivity contribution in [1.29, 1.82) is 0 Å². The zero-order valence-electron chi connectivity index (χ0n) is 20.3. The number of nitrogens with zero attached hydrogens (tertiary/aromatic N) is 1. The zero-order valence-corrected chi connectivity index (χ0v) is 20.3. The van der Waals surface area contributed by atoms with Crippen molar-refractivity contribution in [3.05, 3.63) is 59.7 Å². The molecule has 2 N–H and O–H groups in total. The standard InChI is InChI=1S/C25H31N3O6/c1-24(2,3)33-22(30)27-21(28-23(31)34-25(4,5)6)26-19-12-10-17(11-13-19)16-32-20-9-7-8-18(14-20)15-29/h7-15H,16H2,1-6H3,(H2,26,27,28,30,31). The topological polar surface area (TPSA) is 115 Å². The molecule has 9 heteroatoms. The first-order valence-corrected chi connectivity index (χ1v) is 10.7. The lowest BCUT2D eigenvalue weighted by Crippen LogP contribution is -2.40. The summed E-state index contributed by atoms with van der Waals surface area (Å²) in [4.78, 5) is 39.1. The van der Waals surface area contributed by atoms with Crippen molar-refractivity contribution in [3.8, 4) is 5.75 Å². The Morgan fingerprint density at radius 2 is 1.59 bits per heavy atom. The number of rotatable bonds is 5. The largest absolute Gasteiger partial charge is 0.489 e. The molecule has 0 radical (unpaired) electrons. The molecule has 0 bridgehead atoms. The monoisotopic (exact) mass is 469 g/mol. The average Bonchev–Trinajstić information content (AvgIpc) is 2.70. The van der Waals surface area contributed by atoms with Crippen LogP contribution in [0.15, 0.2) is 53.5 Å². The summed E-state index contributed by atoms with van der Waals surface area (Å²) in [6, 6.07) is 14.0. The smallest absolute Gasteiger partial charge is 0.437 e. The predicted octanol–water partition coefficient (Wildman–Crippen LogP) is 5.31. The van der Waals surface area contributed by atoms with Crippen LogP contribution in [0, 0.1) is 0 Å². The molecule has 0 unspecified atom stereocenters. The lowest BCUT2D eigenvalue weighted by molar-refractivity contribution is 0.0562. The highest BCUT2D eigenvalue weighted by atomic mass is 16.6. The number of alkyl carbamates (subject to hydrolysis) is 1. The van der Waals surface area contributed by atoms with Crippen molar-refractivity contribution >= 4 is 30.1 Å². The second-order valence-corrected chi connectivity index (χ2v) is 9.37. The van der Waals surface area contributed by atoms with Crippen molar-refractivity contribution in [2.75, 3.05) is 5.32 Å². The Bertz CT molecular complexity index is 1030. The van der Waals surface area contributed by atoms with E-state index in [1.54, 1.807) is 77.9 Å². The van der Waals surface area contributed by atoms with Crippen LogP contribution in [0.2, 0.25) is 0 Å². The molecule has 0 aliphatic rings. The molecule has 0 atom stereocenters. The molecule has 0 aliphatic heterocycles. The van der Waals surface area contributed by atoms with E-state index in [2.05, 4.69) is 15.6 Å². The van der Waals surface area contributed by atoms with E-state index in [0.29, 0.717) is 17.0 Å². The van der Waals surface area contributed by atoms with E-state index in [1.165, 1.54) is 0 Å². The maximum absolute atomic E-state index is 12.2. The number of ether oxygens (including phenoxy) is 3. The molecule has 0 heterocycles.